The van der Waals surface area contributed by atoms with Gasteiger partial charge in [0.05, 0.1) is 11.0 Å². The van der Waals surface area contributed by atoms with E-state index in [-0.39, 0.29) is 22.6 Å². The fourth-order valence-corrected chi connectivity index (χ4v) is 6.00. The van der Waals surface area contributed by atoms with Crippen molar-refractivity contribution in [2.75, 3.05) is 19.6 Å². The summed E-state index contributed by atoms with van der Waals surface area (Å²) in [6.07, 6.45) is 4.35. The fourth-order valence-electron chi connectivity index (χ4n) is 6.00. The Bertz CT molecular complexity index is 1430. The second-order valence-electron chi connectivity index (χ2n) is 10.3. The molecule has 1 unspecified atom stereocenters. The number of rotatable bonds is 7. The van der Waals surface area contributed by atoms with Crippen LogP contribution in [-0.4, -0.2) is 52.4 Å². The van der Waals surface area contributed by atoms with Crippen LogP contribution in [0, 0.1) is 16.7 Å². The normalized spacial score (nSPS) is 21.8. The van der Waals surface area contributed by atoms with Crippen molar-refractivity contribution in [3.8, 4) is 34.7 Å². The van der Waals surface area contributed by atoms with Crippen molar-refractivity contribution in [2.45, 2.75) is 44.1 Å². The number of ether oxygens (including phenoxy) is 1. The van der Waals surface area contributed by atoms with E-state index in [9.17, 15) is 23.9 Å². The lowest BCUT2D eigenvalue weighted by Gasteiger charge is -2.27. The van der Waals surface area contributed by atoms with Crippen LogP contribution in [0.1, 0.15) is 42.4 Å². The number of carboxylic acids is 1. The van der Waals surface area contributed by atoms with Gasteiger partial charge in [0, 0.05) is 29.6 Å². The second-order valence-corrected chi connectivity index (χ2v) is 10.3. The summed E-state index contributed by atoms with van der Waals surface area (Å²) < 4.78 is 35.1. The van der Waals surface area contributed by atoms with Crippen molar-refractivity contribution in [3.63, 3.8) is 0 Å². The van der Waals surface area contributed by atoms with Crippen LogP contribution in [0.4, 0.5) is 8.78 Å². The topological polar surface area (TPSA) is 112 Å². The predicted molar refractivity (Wildman–Crippen MR) is 127 cm³/mol. The van der Waals surface area contributed by atoms with Crippen molar-refractivity contribution in [1.29, 1.82) is 5.26 Å². The predicted octanol–water partition coefficient (Wildman–Crippen LogP) is 4.63. The van der Waals surface area contributed by atoms with Gasteiger partial charge < -0.3 is 19.3 Å². The standard InChI is InChI=1S/C27H24F2N4O4/c28-25(29)36-21-5-4-16(12-17(21)13-30)23-31-22(32-37-23)19-2-1-3-20-18(19)6-7-26(20)10-11-33(14-26)15-27(8-9-27)24(34)35/h1-5,12,25H,6-11,14-15H2,(H,34,35). The molecule has 2 aromatic carbocycles. The SMILES string of the molecule is N#Cc1cc(-c2nc(-c3cccc4c3CCC43CCN(CC4(C(=O)O)CC4)C3)no2)ccc1OC(F)F. The number of benzene rings is 2. The molecule has 3 aromatic rings. The molecule has 0 radical (unpaired) electrons. The molecule has 3 aliphatic rings. The van der Waals surface area contributed by atoms with Crippen LogP contribution in [0.2, 0.25) is 0 Å². The van der Waals surface area contributed by atoms with Gasteiger partial charge in [-0.2, -0.15) is 19.0 Å². The molecule has 190 valence electrons. The van der Waals surface area contributed by atoms with Gasteiger partial charge in [0.25, 0.3) is 5.89 Å². The molecule has 0 bridgehead atoms. The summed E-state index contributed by atoms with van der Waals surface area (Å²) in [5, 5.41) is 23.1. The molecule has 10 heteroatoms. The maximum Gasteiger partial charge on any atom is 0.387 e. The van der Waals surface area contributed by atoms with Crippen molar-refractivity contribution >= 4 is 5.97 Å². The number of hydrogen-bond acceptors (Lipinski definition) is 7. The Labute approximate surface area is 211 Å². The highest BCUT2D eigenvalue weighted by molar-refractivity contribution is 5.78. The lowest BCUT2D eigenvalue weighted by molar-refractivity contribution is -0.144. The van der Waals surface area contributed by atoms with E-state index >= 15 is 0 Å². The zero-order valence-electron chi connectivity index (χ0n) is 19.9. The quantitative estimate of drug-likeness (QED) is 0.494. The number of nitriles is 1. The van der Waals surface area contributed by atoms with E-state index in [1.807, 2.05) is 18.2 Å². The summed E-state index contributed by atoms with van der Waals surface area (Å²) in [5.41, 5.74) is 3.13. The summed E-state index contributed by atoms with van der Waals surface area (Å²) >= 11 is 0. The average molecular weight is 507 g/mol. The Kier molecular flexibility index (Phi) is 5.49. The highest BCUT2D eigenvalue weighted by Crippen LogP contribution is 2.51. The summed E-state index contributed by atoms with van der Waals surface area (Å²) in [7, 11) is 0. The first-order valence-corrected chi connectivity index (χ1v) is 12.2. The van der Waals surface area contributed by atoms with Crippen molar-refractivity contribution < 1.29 is 27.9 Å². The third kappa shape index (κ3) is 4.03. The maximum atomic E-state index is 12.6. The lowest BCUT2D eigenvalue weighted by Crippen LogP contribution is -2.35. The summed E-state index contributed by atoms with van der Waals surface area (Å²) in [6.45, 7) is -0.688. The van der Waals surface area contributed by atoms with Gasteiger partial charge in [-0.05, 0) is 68.0 Å². The van der Waals surface area contributed by atoms with Crippen LogP contribution < -0.4 is 4.74 Å². The smallest absolute Gasteiger partial charge is 0.387 e. The van der Waals surface area contributed by atoms with Gasteiger partial charge in [-0.25, -0.2) is 0 Å². The monoisotopic (exact) mass is 506 g/mol. The summed E-state index contributed by atoms with van der Waals surface area (Å²) in [4.78, 5) is 18.5. The van der Waals surface area contributed by atoms with E-state index in [4.69, 9.17) is 4.52 Å². The van der Waals surface area contributed by atoms with Crippen LogP contribution in [-0.2, 0) is 16.6 Å². The molecule has 2 heterocycles. The van der Waals surface area contributed by atoms with Crippen LogP contribution >= 0.6 is 0 Å². The Balaban J connectivity index is 1.26. The first-order chi connectivity index (χ1) is 17.8. The molecule has 1 saturated carbocycles. The van der Waals surface area contributed by atoms with Gasteiger partial charge in [-0.15, -0.1) is 0 Å². The van der Waals surface area contributed by atoms with E-state index in [1.54, 1.807) is 0 Å². The van der Waals surface area contributed by atoms with E-state index in [2.05, 4.69) is 25.8 Å². The number of likely N-dealkylation sites (tertiary alicyclic amines) is 1. The number of carboxylic acid groups (broad SMARTS) is 1. The Hall–Kier alpha value is -3.84. The van der Waals surface area contributed by atoms with Crippen LogP contribution in [0.3, 0.4) is 0 Å². The molecule has 1 aliphatic heterocycles. The van der Waals surface area contributed by atoms with Crippen molar-refractivity contribution in [1.82, 2.24) is 15.0 Å². The molecule has 1 N–H and O–H groups in total. The van der Waals surface area contributed by atoms with Crippen molar-refractivity contribution in [3.05, 3.63) is 53.1 Å². The van der Waals surface area contributed by atoms with Gasteiger partial charge in [-0.3, -0.25) is 4.79 Å². The molecule has 1 aromatic heterocycles. The summed E-state index contributed by atoms with van der Waals surface area (Å²) in [5.74, 6) is -0.300. The van der Waals surface area contributed by atoms with Gasteiger partial charge in [0.2, 0.25) is 5.82 Å². The van der Waals surface area contributed by atoms with Crippen LogP contribution in [0.5, 0.6) is 5.75 Å². The van der Waals surface area contributed by atoms with Gasteiger partial charge in [0.1, 0.15) is 11.8 Å². The Morgan fingerprint density at radius 1 is 1.24 bits per heavy atom. The Morgan fingerprint density at radius 3 is 2.81 bits per heavy atom. The Morgan fingerprint density at radius 2 is 2.08 bits per heavy atom. The minimum absolute atomic E-state index is 0.00524. The number of halogens is 2. The lowest BCUT2D eigenvalue weighted by atomic mass is 9.81. The molecule has 1 atom stereocenters. The first kappa shape index (κ1) is 23.6. The molecule has 1 spiro atoms. The van der Waals surface area contributed by atoms with Gasteiger partial charge >= 0.3 is 12.6 Å². The molecule has 8 nitrogen and oxygen atoms in total. The third-order valence-corrected chi connectivity index (χ3v) is 8.10. The van der Waals surface area contributed by atoms with E-state index in [0.717, 1.165) is 50.8 Å². The number of nitrogens with zero attached hydrogens (tertiary/aromatic N) is 4. The number of carbonyl (C=O) groups is 1. The van der Waals surface area contributed by atoms with Crippen molar-refractivity contribution in [2.24, 2.45) is 5.41 Å². The number of aliphatic carboxylic acids is 1. The van der Waals surface area contributed by atoms with E-state index in [1.165, 1.54) is 29.3 Å². The second kappa shape index (κ2) is 8.63. The molecular weight excluding hydrogens is 482 g/mol. The number of aromatic nitrogens is 2. The minimum atomic E-state index is -3.03. The third-order valence-electron chi connectivity index (χ3n) is 8.10. The molecule has 1 saturated heterocycles. The van der Waals surface area contributed by atoms with Crippen LogP contribution in [0.15, 0.2) is 40.9 Å². The van der Waals surface area contributed by atoms with E-state index < -0.39 is 18.0 Å². The zero-order chi connectivity index (χ0) is 25.8. The largest absolute Gasteiger partial charge is 0.481 e. The summed E-state index contributed by atoms with van der Waals surface area (Å²) in [6, 6.07) is 12.1. The highest BCUT2D eigenvalue weighted by atomic mass is 19.3. The first-order valence-electron chi connectivity index (χ1n) is 12.2. The molecule has 2 aliphatic carbocycles. The number of fused-ring (bicyclic) bond motifs is 2. The molecule has 0 amide bonds. The average Bonchev–Trinajstić information content (AvgIpc) is 3.21. The zero-order valence-corrected chi connectivity index (χ0v) is 19.9. The highest BCUT2D eigenvalue weighted by Gasteiger charge is 2.53. The minimum Gasteiger partial charge on any atom is -0.481 e. The van der Waals surface area contributed by atoms with Gasteiger partial charge in [0.15, 0.2) is 0 Å². The fraction of sp³-hybridized carbons (Fsp3) is 0.407. The number of alkyl halides is 2. The van der Waals surface area contributed by atoms with Crippen LogP contribution in [0.25, 0.3) is 22.8 Å². The number of hydrogen-bond donors (Lipinski definition) is 1. The van der Waals surface area contributed by atoms with E-state index in [0.29, 0.717) is 17.9 Å². The molecule has 6 rings (SSSR count). The molecular formula is C27H24F2N4O4. The molecule has 2 fully saturated rings. The maximum absolute atomic E-state index is 12.6. The van der Waals surface area contributed by atoms with Gasteiger partial charge in [-0.1, -0.05) is 23.4 Å². The molecule has 37 heavy (non-hydrogen) atoms.